The average Bonchev–Trinajstić information content (AvgIpc) is 3.35. The molecule has 2 atom stereocenters. The van der Waals surface area contributed by atoms with Crippen molar-refractivity contribution in [3.05, 3.63) is 27.7 Å². The van der Waals surface area contributed by atoms with Crippen LogP contribution in [0.15, 0.2) is 12.1 Å². The Morgan fingerprint density at radius 3 is 2.70 bits per heavy atom. The number of piperidine rings is 1. The second-order valence-corrected chi connectivity index (χ2v) is 9.09. The van der Waals surface area contributed by atoms with E-state index >= 15 is 0 Å². The van der Waals surface area contributed by atoms with Crippen molar-refractivity contribution in [2.45, 2.75) is 42.9 Å². The molecule has 3 rings (SSSR count). The molecule has 1 heterocycles. The van der Waals surface area contributed by atoms with Gasteiger partial charge in [-0.15, -0.1) is 0 Å². The van der Waals surface area contributed by atoms with Crippen molar-refractivity contribution in [1.82, 2.24) is 10.0 Å². The third kappa shape index (κ3) is 3.94. The zero-order valence-corrected chi connectivity index (χ0v) is 14.9. The molecule has 5 nitrogen and oxygen atoms in total. The Kier molecular flexibility index (Phi) is 5.09. The number of phenolic OH excluding ortho intramolecular Hbond substituents is 1. The largest absolute Gasteiger partial charge is 0.508 e. The fourth-order valence-electron chi connectivity index (χ4n) is 3.08. The Labute approximate surface area is 146 Å². The maximum absolute atomic E-state index is 11.9. The fourth-order valence-corrected chi connectivity index (χ4v) is 4.99. The lowest BCUT2D eigenvalue weighted by atomic mass is 9.86. The van der Waals surface area contributed by atoms with Crippen LogP contribution in [0.25, 0.3) is 0 Å². The smallest absolute Gasteiger partial charge is 0.214 e. The number of phenols is 1. The Morgan fingerprint density at radius 1 is 1.26 bits per heavy atom. The van der Waals surface area contributed by atoms with Gasteiger partial charge in [0.1, 0.15) is 5.75 Å². The lowest BCUT2D eigenvalue weighted by Crippen LogP contribution is -2.45. The van der Waals surface area contributed by atoms with Crippen LogP contribution in [0.3, 0.4) is 0 Å². The molecule has 0 radical (unpaired) electrons. The van der Waals surface area contributed by atoms with Crippen LogP contribution in [0.4, 0.5) is 0 Å². The number of rotatable bonds is 5. The number of hydrogen-bond acceptors (Lipinski definition) is 4. The summed E-state index contributed by atoms with van der Waals surface area (Å²) >= 11 is 12.3. The lowest BCUT2D eigenvalue weighted by molar-refractivity contribution is 0.352. The number of aromatic hydroxyl groups is 1. The second kappa shape index (κ2) is 6.76. The molecule has 23 heavy (non-hydrogen) atoms. The van der Waals surface area contributed by atoms with Crippen molar-refractivity contribution in [2.75, 3.05) is 13.1 Å². The summed E-state index contributed by atoms with van der Waals surface area (Å²) < 4.78 is 26.5. The first-order valence-corrected chi connectivity index (χ1v) is 10.1. The van der Waals surface area contributed by atoms with E-state index in [2.05, 4.69) is 10.0 Å². The van der Waals surface area contributed by atoms with Gasteiger partial charge in [0, 0.05) is 18.2 Å². The predicted octanol–water partition coefficient (Wildman–Crippen LogP) is 2.62. The van der Waals surface area contributed by atoms with Gasteiger partial charge < -0.3 is 10.4 Å². The molecule has 1 saturated heterocycles. The molecule has 1 aliphatic heterocycles. The van der Waals surface area contributed by atoms with Crippen molar-refractivity contribution >= 4 is 33.2 Å². The second-order valence-electron chi connectivity index (χ2n) is 6.26. The van der Waals surface area contributed by atoms with E-state index in [0.29, 0.717) is 28.6 Å². The zero-order chi connectivity index (χ0) is 16.6. The van der Waals surface area contributed by atoms with Gasteiger partial charge in [-0.2, -0.15) is 0 Å². The summed E-state index contributed by atoms with van der Waals surface area (Å²) in [5, 5.41) is 14.0. The Morgan fingerprint density at radius 2 is 2.00 bits per heavy atom. The van der Waals surface area contributed by atoms with Crippen molar-refractivity contribution in [1.29, 1.82) is 0 Å². The van der Waals surface area contributed by atoms with Crippen molar-refractivity contribution < 1.29 is 13.5 Å². The van der Waals surface area contributed by atoms with Gasteiger partial charge >= 0.3 is 0 Å². The summed E-state index contributed by atoms with van der Waals surface area (Å²) in [5.41, 5.74) is 0.663. The molecule has 0 aromatic heterocycles. The van der Waals surface area contributed by atoms with Crippen LogP contribution >= 0.6 is 23.2 Å². The van der Waals surface area contributed by atoms with E-state index in [4.69, 9.17) is 23.2 Å². The van der Waals surface area contributed by atoms with E-state index in [9.17, 15) is 13.5 Å². The fraction of sp³-hybridized carbons (Fsp3) is 0.600. The normalized spacial score (nSPS) is 25.5. The first-order chi connectivity index (χ1) is 10.9. The molecule has 8 heteroatoms. The number of nitrogens with one attached hydrogen (secondary N) is 2. The van der Waals surface area contributed by atoms with Crippen LogP contribution in [-0.4, -0.2) is 37.9 Å². The van der Waals surface area contributed by atoms with Gasteiger partial charge in [0.15, 0.2) is 0 Å². The molecule has 1 aliphatic carbocycles. The quantitative estimate of drug-likeness (QED) is 0.735. The predicted molar refractivity (Wildman–Crippen MR) is 91.8 cm³/mol. The van der Waals surface area contributed by atoms with Gasteiger partial charge in [0.25, 0.3) is 0 Å². The highest BCUT2D eigenvalue weighted by Crippen LogP contribution is 2.41. The Hall–Kier alpha value is -0.530. The summed E-state index contributed by atoms with van der Waals surface area (Å²) in [6.45, 7) is 1.09. The van der Waals surface area contributed by atoms with E-state index in [1.807, 2.05) is 0 Å². The molecule has 1 saturated carbocycles. The van der Waals surface area contributed by atoms with Crippen LogP contribution in [0.1, 0.15) is 37.2 Å². The lowest BCUT2D eigenvalue weighted by Gasteiger charge is -2.31. The molecule has 0 bridgehead atoms. The zero-order valence-electron chi connectivity index (χ0n) is 12.6. The molecule has 128 valence electrons. The third-order valence-electron chi connectivity index (χ3n) is 4.51. The van der Waals surface area contributed by atoms with E-state index in [1.165, 1.54) is 0 Å². The van der Waals surface area contributed by atoms with E-state index in [0.717, 1.165) is 25.8 Å². The van der Waals surface area contributed by atoms with Gasteiger partial charge in [-0.05, 0) is 50.3 Å². The van der Waals surface area contributed by atoms with Crippen LogP contribution in [0.2, 0.25) is 10.0 Å². The van der Waals surface area contributed by atoms with Crippen LogP contribution < -0.4 is 10.0 Å². The topological polar surface area (TPSA) is 78.4 Å². The summed E-state index contributed by atoms with van der Waals surface area (Å²) in [6, 6.07) is 3.14. The Bertz CT molecular complexity index is 692. The van der Waals surface area contributed by atoms with Crippen LogP contribution in [-0.2, 0) is 10.0 Å². The minimum Gasteiger partial charge on any atom is -0.508 e. The summed E-state index contributed by atoms with van der Waals surface area (Å²) in [6.07, 6.45) is 3.02. The van der Waals surface area contributed by atoms with Crippen molar-refractivity contribution in [3.8, 4) is 5.75 Å². The number of halogens is 2. The first-order valence-electron chi connectivity index (χ1n) is 7.77. The molecular formula is C15H20Cl2N2O3S. The van der Waals surface area contributed by atoms with Crippen LogP contribution in [0, 0.1) is 0 Å². The molecule has 1 aromatic rings. The Balaban J connectivity index is 1.68. The molecule has 1 aromatic carbocycles. The van der Waals surface area contributed by atoms with Gasteiger partial charge in [0.2, 0.25) is 10.0 Å². The highest BCUT2D eigenvalue weighted by Gasteiger charge is 2.36. The molecule has 0 unspecified atom stereocenters. The monoisotopic (exact) mass is 378 g/mol. The van der Waals surface area contributed by atoms with Gasteiger partial charge in [-0.1, -0.05) is 23.2 Å². The summed E-state index contributed by atoms with van der Waals surface area (Å²) in [4.78, 5) is 0. The van der Waals surface area contributed by atoms with Gasteiger partial charge in [-0.25, -0.2) is 13.1 Å². The van der Waals surface area contributed by atoms with Gasteiger partial charge in [-0.3, -0.25) is 0 Å². The van der Waals surface area contributed by atoms with E-state index < -0.39 is 10.0 Å². The highest BCUT2D eigenvalue weighted by molar-refractivity contribution is 7.90. The molecule has 2 aliphatic rings. The van der Waals surface area contributed by atoms with Gasteiger partial charge in [0.05, 0.1) is 15.3 Å². The maximum Gasteiger partial charge on any atom is 0.214 e. The molecule has 0 spiro atoms. The summed E-state index contributed by atoms with van der Waals surface area (Å²) in [7, 11) is -3.18. The number of hydrogen-bond donors (Lipinski definition) is 3. The molecule has 3 N–H and O–H groups in total. The molecular weight excluding hydrogens is 359 g/mol. The minimum atomic E-state index is -3.18. The van der Waals surface area contributed by atoms with Crippen molar-refractivity contribution in [3.63, 3.8) is 0 Å². The van der Waals surface area contributed by atoms with E-state index in [1.54, 1.807) is 12.1 Å². The molecule has 2 fully saturated rings. The summed E-state index contributed by atoms with van der Waals surface area (Å²) in [5.74, 6) is 0.196. The van der Waals surface area contributed by atoms with Crippen molar-refractivity contribution in [2.24, 2.45) is 0 Å². The van der Waals surface area contributed by atoms with E-state index in [-0.39, 0.29) is 23.0 Å². The maximum atomic E-state index is 11.9. The molecule has 0 amide bonds. The first kappa shape index (κ1) is 17.3. The number of sulfonamides is 1. The minimum absolute atomic E-state index is 0.0109. The third-order valence-corrected chi connectivity index (χ3v) is 7.24. The highest BCUT2D eigenvalue weighted by atomic mass is 35.5. The number of benzene rings is 1. The standard InChI is InChI=1S/C15H20Cl2N2O3S/c16-12-3-4-13(20)14(15(12)17)9-5-6-18-10(7-9)8-19-23(21,22)11-1-2-11/h3-4,9-11,18-20H,1-2,5-8H2/t9-,10+/m0/s1. The SMILES string of the molecule is O=S(=O)(NC[C@H]1C[C@@H](c2c(O)ccc(Cl)c2Cl)CCN1)C1CC1. The van der Waals surface area contributed by atoms with Crippen LogP contribution in [0.5, 0.6) is 5.75 Å². The average molecular weight is 379 g/mol.